The van der Waals surface area contributed by atoms with E-state index in [1.807, 2.05) is 0 Å². The zero-order valence-corrected chi connectivity index (χ0v) is 21.7. The molecule has 2 fully saturated rings. The second-order valence-electron chi connectivity index (χ2n) is 9.36. The van der Waals surface area contributed by atoms with Crippen molar-refractivity contribution in [3.8, 4) is 28.7 Å². The molecule has 2 amide bonds. The van der Waals surface area contributed by atoms with Crippen molar-refractivity contribution in [1.29, 1.82) is 0 Å². The fourth-order valence-electron chi connectivity index (χ4n) is 4.04. The van der Waals surface area contributed by atoms with Crippen LogP contribution < -0.4 is 10.1 Å². The Bertz CT molecular complexity index is 1460. The number of nitrogens with one attached hydrogen (secondary N) is 1. The third-order valence-corrected chi connectivity index (χ3v) is 7.08. The van der Waals surface area contributed by atoms with Crippen LogP contribution in [0, 0.1) is 23.7 Å². The number of hydrogen-bond donors (Lipinski definition) is 1. The lowest BCUT2D eigenvalue weighted by molar-refractivity contribution is -0.130. The van der Waals surface area contributed by atoms with Crippen molar-refractivity contribution in [2.75, 3.05) is 26.5 Å². The number of methoxy groups -OCH3 is 1. The molecule has 3 heterocycles. The molecule has 2 atom stereocenters. The van der Waals surface area contributed by atoms with Gasteiger partial charge in [0.25, 0.3) is 12.3 Å². The number of aromatic nitrogens is 4. The van der Waals surface area contributed by atoms with Crippen molar-refractivity contribution < 1.29 is 23.1 Å². The first-order chi connectivity index (χ1) is 18.2. The van der Waals surface area contributed by atoms with Crippen LogP contribution in [0.3, 0.4) is 0 Å². The van der Waals surface area contributed by atoms with E-state index in [-0.39, 0.29) is 39.8 Å². The molecule has 0 bridgehead atoms. The van der Waals surface area contributed by atoms with Gasteiger partial charge in [-0.3, -0.25) is 24.9 Å². The van der Waals surface area contributed by atoms with E-state index in [0.29, 0.717) is 28.6 Å². The molecular weight excluding hydrogens is 514 g/mol. The van der Waals surface area contributed by atoms with Crippen molar-refractivity contribution in [3.05, 3.63) is 46.5 Å². The molecule has 12 heteroatoms. The van der Waals surface area contributed by atoms with Crippen molar-refractivity contribution in [1.82, 2.24) is 25.1 Å². The van der Waals surface area contributed by atoms with Crippen LogP contribution in [0.4, 0.5) is 13.9 Å². The fourth-order valence-corrected chi connectivity index (χ4v) is 4.64. The molecular formula is C26H24F2N6O3S. The molecule has 9 nitrogen and oxygen atoms in total. The van der Waals surface area contributed by atoms with Crippen molar-refractivity contribution >= 4 is 28.3 Å². The summed E-state index contributed by atoms with van der Waals surface area (Å²) >= 11 is 1.14. The van der Waals surface area contributed by atoms with E-state index in [4.69, 9.17) is 4.74 Å². The maximum atomic E-state index is 13.5. The summed E-state index contributed by atoms with van der Waals surface area (Å²) in [6, 6.07) is 2.85. The molecule has 0 aromatic carbocycles. The third kappa shape index (κ3) is 5.47. The summed E-state index contributed by atoms with van der Waals surface area (Å²) in [6.45, 7) is 0. The lowest BCUT2D eigenvalue weighted by atomic mass is 9.98. The van der Waals surface area contributed by atoms with Gasteiger partial charge >= 0.3 is 0 Å². The minimum atomic E-state index is -2.82. The van der Waals surface area contributed by atoms with Gasteiger partial charge in [0.15, 0.2) is 5.01 Å². The fraction of sp³-hybridized carbons (Fsp3) is 0.385. The topological polar surface area (TPSA) is 110 Å². The molecule has 2 aliphatic carbocycles. The highest BCUT2D eigenvalue weighted by Gasteiger charge is 2.46. The minimum Gasteiger partial charge on any atom is -0.494 e. The summed E-state index contributed by atoms with van der Waals surface area (Å²) in [5.41, 5.74) is 0.838. The van der Waals surface area contributed by atoms with Crippen LogP contribution in [0.25, 0.3) is 11.1 Å². The number of carbonyl (C=O) groups is 2. The lowest BCUT2D eigenvalue weighted by Crippen LogP contribution is -2.23. The summed E-state index contributed by atoms with van der Waals surface area (Å²) in [6.07, 6.45) is 2.53. The Balaban J connectivity index is 1.50. The Hall–Kier alpha value is -3.98. The molecule has 2 saturated carbocycles. The summed E-state index contributed by atoms with van der Waals surface area (Å²) in [5.74, 6) is 5.74. The Morgan fingerprint density at radius 3 is 2.63 bits per heavy atom. The number of rotatable bonds is 7. The summed E-state index contributed by atoms with van der Waals surface area (Å²) < 4.78 is 32.5. The molecule has 1 unspecified atom stereocenters. The lowest BCUT2D eigenvalue weighted by Gasteiger charge is -2.15. The minimum absolute atomic E-state index is 0.0153. The highest BCUT2D eigenvalue weighted by Crippen LogP contribution is 2.48. The van der Waals surface area contributed by atoms with Crippen LogP contribution in [0.1, 0.15) is 58.4 Å². The van der Waals surface area contributed by atoms with Gasteiger partial charge in [-0.25, -0.2) is 8.78 Å². The van der Waals surface area contributed by atoms with Crippen molar-refractivity contribution in [2.24, 2.45) is 11.8 Å². The van der Waals surface area contributed by atoms with Gasteiger partial charge in [-0.1, -0.05) is 17.3 Å². The zero-order chi connectivity index (χ0) is 27.0. The smallest absolute Gasteiger partial charge is 0.280 e. The molecule has 0 spiro atoms. The largest absolute Gasteiger partial charge is 0.494 e. The number of halogens is 2. The summed E-state index contributed by atoms with van der Waals surface area (Å²) in [4.78, 5) is 35.5. The van der Waals surface area contributed by atoms with Gasteiger partial charge in [0.2, 0.25) is 11.0 Å². The second kappa shape index (κ2) is 10.4. The molecule has 3 aromatic heterocycles. The predicted octanol–water partition coefficient (Wildman–Crippen LogP) is 4.15. The molecule has 5 rings (SSSR count). The van der Waals surface area contributed by atoms with Crippen molar-refractivity contribution in [2.45, 2.75) is 31.6 Å². The van der Waals surface area contributed by atoms with Gasteiger partial charge in [0, 0.05) is 54.9 Å². The third-order valence-electron chi connectivity index (χ3n) is 6.33. The number of hydrogen-bond acceptors (Lipinski definition) is 8. The summed E-state index contributed by atoms with van der Waals surface area (Å²) in [7, 11) is 4.77. The van der Waals surface area contributed by atoms with Crippen molar-refractivity contribution in [3.63, 3.8) is 0 Å². The number of pyridine rings is 2. The average Bonchev–Trinajstić information content (AvgIpc) is 3.84. The molecule has 0 saturated heterocycles. The predicted molar refractivity (Wildman–Crippen MR) is 136 cm³/mol. The second-order valence-corrected chi connectivity index (χ2v) is 10.3. The number of nitrogens with zero attached hydrogens (tertiary/aromatic N) is 5. The molecule has 3 aromatic rings. The first kappa shape index (κ1) is 25.7. The number of anilines is 1. The van der Waals surface area contributed by atoms with Gasteiger partial charge in [-0.15, -0.1) is 10.2 Å². The quantitative estimate of drug-likeness (QED) is 0.450. The SMILES string of the molecule is COc1cnc(C(F)F)cc1-c1cc(C2C[C@@H]2C(=O)N(C)C)ncc1C(=O)Nc1nnc(C#CC2CC2)s1. The molecule has 1 N–H and O–H groups in total. The maximum Gasteiger partial charge on any atom is 0.280 e. The van der Waals surface area contributed by atoms with Gasteiger partial charge in [-0.05, 0) is 37.3 Å². The Kier molecular flexibility index (Phi) is 7.03. The molecule has 0 radical (unpaired) electrons. The standard InChI is InChI=1S/C26H24F2N6O3S/c1-34(2)25(36)17-8-15(17)19-9-14(16-10-20(23(27)28)30-12-21(16)37-3)18(11-29-19)24(35)31-26-33-32-22(38-26)7-6-13-4-5-13/h9-13,15,17,23H,4-5,8H2,1-3H3,(H,31,33,35)/t15?,17-/m0/s1. The Labute approximate surface area is 221 Å². The Morgan fingerprint density at radius 1 is 1.16 bits per heavy atom. The van der Waals surface area contributed by atoms with E-state index < -0.39 is 18.0 Å². The number of ether oxygens (including phenoxy) is 1. The van der Waals surface area contributed by atoms with Crippen LogP contribution in [0.2, 0.25) is 0 Å². The van der Waals surface area contributed by atoms with Gasteiger partial charge in [0.05, 0.1) is 18.9 Å². The van der Waals surface area contributed by atoms with E-state index in [1.54, 1.807) is 20.2 Å². The number of carbonyl (C=O) groups excluding carboxylic acids is 2. The molecule has 196 valence electrons. The monoisotopic (exact) mass is 538 g/mol. The maximum absolute atomic E-state index is 13.5. The van der Waals surface area contributed by atoms with Crippen LogP contribution in [0.15, 0.2) is 24.5 Å². The molecule has 2 aliphatic rings. The van der Waals surface area contributed by atoms with Crippen LogP contribution in [-0.2, 0) is 4.79 Å². The highest BCUT2D eigenvalue weighted by molar-refractivity contribution is 7.15. The first-order valence-electron chi connectivity index (χ1n) is 11.9. The van der Waals surface area contributed by atoms with E-state index >= 15 is 0 Å². The first-order valence-corrected chi connectivity index (χ1v) is 12.8. The van der Waals surface area contributed by atoms with Crippen LogP contribution >= 0.6 is 11.3 Å². The molecule has 38 heavy (non-hydrogen) atoms. The van der Waals surface area contributed by atoms with Gasteiger partial charge in [0.1, 0.15) is 11.4 Å². The molecule has 0 aliphatic heterocycles. The van der Waals surface area contributed by atoms with Gasteiger partial charge in [-0.2, -0.15) is 0 Å². The van der Waals surface area contributed by atoms with Gasteiger partial charge < -0.3 is 9.64 Å². The number of alkyl halides is 2. The van der Waals surface area contributed by atoms with E-state index in [9.17, 15) is 18.4 Å². The number of amides is 2. The zero-order valence-electron chi connectivity index (χ0n) is 20.9. The average molecular weight is 539 g/mol. The Morgan fingerprint density at radius 2 is 1.95 bits per heavy atom. The van der Waals surface area contributed by atoms with E-state index in [2.05, 4.69) is 37.3 Å². The normalized spacial score (nSPS) is 17.9. The van der Waals surface area contributed by atoms with E-state index in [1.165, 1.54) is 30.5 Å². The van der Waals surface area contributed by atoms with Crippen LogP contribution in [0.5, 0.6) is 5.75 Å². The van der Waals surface area contributed by atoms with Crippen LogP contribution in [-0.4, -0.2) is 58.1 Å². The van der Waals surface area contributed by atoms with E-state index in [0.717, 1.165) is 24.2 Å². The summed E-state index contributed by atoms with van der Waals surface area (Å²) in [5, 5.41) is 11.4. The highest BCUT2D eigenvalue weighted by atomic mass is 32.1.